The zero-order chi connectivity index (χ0) is 12.0. The molecule has 0 saturated heterocycles. The largest absolute Gasteiger partial charge is 0.299 e. The van der Waals surface area contributed by atoms with Crippen LogP contribution in [0.15, 0.2) is 17.6 Å². The lowest BCUT2D eigenvalue weighted by Gasteiger charge is -1.96. The molecule has 0 spiro atoms. The standard InChI is InChI=1S/C11H20N2O2S/c1-3-5-7-12-9-11(16(14)15)13(10-12)8-6-4-2/h9-10H,3-8H2,1-2H3/p+1. The SMILES string of the molecule is CCCCn1c[n+](CCCC)cc1S(=O)O. The first kappa shape index (κ1) is 13.4. The van der Waals surface area contributed by atoms with E-state index < -0.39 is 11.1 Å². The van der Waals surface area contributed by atoms with Crippen LogP contribution in [0.1, 0.15) is 39.5 Å². The molecule has 16 heavy (non-hydrogen) atoms. The van der Waals surface area contributed by atoms with Crippen LogP contribution in [0.4, 0.5) is 0 Å². The first-order valence-corrected chi connectivity index (χ1v) is 6.99. The number of nitrogens with zero attached hydrogens (tertiary/aromatic N) is 2. The van der Waals surface area contributed by atoms with E-state index in [0.717, 1.165) is 38.8 Å². The normalized spacial score (nSPS) is 12.9. The molecule has 1 aromatic rings. The summed E-state index contributed by atoms with van der Waals surface area (Å²) in [6.07, 6.45) is 8.07. The van der Waals surface area contributed by atoms with E-state index in [9.17, 15) is 8.76 Å². The number of aromatic nitrogens is 2. The molecular weight excluding hydrogens is 224 g/mol. The van der Waals surface area contributed by atoms with Crippen molar-refractivity contribution in [3.63, 3.8) is 0 Å². The molecule has 0 saturated carbocycles. The second-order valence-electron chi connectivity index (χ2n) is 3.97. The van der Waals surface area contributed by atoms with Crippen molar-refractivity contribution >= 4 is 11.1 Å². The molecule has 0 amide bonds. The third kappa shape index (κ3) is 3.72. The molecule has 5 heteroatoms. The molecule has 0 fully saturated rings. The van der Waals surface area contributed by atoms with Gasteiger partial charge < -0.3 is 0 Å². The molecule has 0 bridgehead atoms. The van der Waals surface area contributed by atoms with E-state index in [-0.39, 0.29) is 0 Å². The van der Waals surface area contributed by atoms with Crippen LogP contribution in [0.3, 0.4) is 0 Å². The van der Waals surface area contributed by atoms with Gasteiger partial charge in [-0.15, -0.1) is 0 Å². The number of rotatable bonds is 7. The van der Waals surface area contributed by atoms with Gasteiger partial charge in [0.05, 0.1) is 13.1 Å². The molecule has 0 aliphatic rings. The molecule has 1 N–H and O–H groups in total. The Morgan fingerprint density at radius 1 is 1.38 bits per heavy atom. The van der Waals surface area contributed by atoms with E-state index in [1.54, 1.807) is 6.20 Å². The lowest BCUT2D eigenvalue weighted by molar-refractivity contribution is -0.697. The Morgan fingerprint density at radius 3 is 2.62 bits per heavy atom. The highest BCUT2D eigenvalue weighted by molar-refractivity contribution is 7.79. The number of imidazole rings is 1. The van der Waals surface area contributed by atoms with E-state index >= 15 is 0 Å². The van der Waals surface area contributed by atoms with Gasteiger partial charge in [0.25, 0.3) is 5.03 Å². The summed E-state index contributed by atoms with van der Waals surface area (Å²) in [5.41, 5.74) is 0. The summed E-state index contributed by atoms with van der Waals surface area (Å²) in [5.74, 6) is 0. The average Bonchev–Trinajstić information content (AvgIpc) is 2.67. The van der Waals surface area contributed by atoms with Crippen molar-refractivity contribution in [3.05, 3.63) is 12.5 Å². The topological polar surface area (TPSA) is 46.1 Å². The number of hydrogen-bond donors (Lipinski definition) is 1. The fraction of sp³-hybridized carbons (Fsp3) is 0.727. The van der Waals surface area contributed by atoms with E-state index in [1.165, 1.54) is 0 Å². The smallest absolute Gasteiger partial charge is 0.258 e. The minimum atomic E-state index is -1.89. The molecule has 1 unspecified atom stereocenters. The van der Waals surface area contributed by atoms with Crippen LogP contribution in [-0.2, 0) is 24.2 Å². The third-order valence-corrected chi connectivity index (χ3v) is 3.25. The van der Waals surface area contributed by atoms with Crippen molar-refractivity contribution in [2.75, 3.05) is 0 Å². The van der Waals surface area contributed by atoms with Gasteiger partial charge in [-0.1, -0.05) is 26.7 Å². The molecule has 1 rings (SSSR count). The second-order valence-corrected chi connectivity index (χ2v) is 4.89. The first-order valence-electron chi connectivity index (χ1n) is 5.89. The van der Waals surface area contributed by atoms with Gasteiger partial charge >= 0.3 is 0 Å². The van der Waals surface area contributed by atoms with Crippen molar-refractivity contribution in [2.45, 2.75) is 57.6 Å². The predicted molar refractivity (Wildman–Crippen MR) is 63.5 cm³/mol. The lowest BCUT2D eigenvalue weighted by Crippen LogP contribution is -2.30. The second kappa shape index (κ2) is 6.81. The Balaban J connectivity index is 2.78. The quantitative estimate of drug-likeness (QED) is 0.589. The Labute approximate surface area is 99.6 Å². The third-order valence-electron chi connectivity index (χ3n) is 2.55. The lowest BCUT2D eigenvalue weighted by atomic mass is 10.3. The number of hydrogen-bond acceptors (Lipinski definition) is 1. The molecule has 92 valence electrons. The maximum Gasteiger partial charge on any atom is 0.258 e. The fourth-order valence-electron chi connectivity index (χ4n) is 1.59. The molecule has 0 aliphatic carbocycles. The Hall–Kier alpha value is -0.680. The van der Waals surface area contributed by atoms with Crippen LogP contribution < -0.4 is 4.57 Å². The van der Waals surface area contributed by atoms with Crippen LogP contribution in [0.5, 0.6) is 0 Å². The molecule has 0 aromatic carbocycles. The molecule has 0 aliphatic heterocycles. The maximum atomic E-state index is 11.1. The van der Waals surface area contributed by atoms with E-state index in [0.29, 0.717) is 5.03 Å². The fourth-order valence-corrected chi connectivity index (χ4v) is 2.15. The Bertz CT molecular complexity index is 350. The molecular formula is C11H21N2O2S+. The van der Waals surface area contributed by atoms with Crippen LogP contribution in [0, 0.1) is 0 Å². The monoisotopic (exact) mass is 245 g/mol. The van der Waals surface area contributed by atoms with Gasteiger partial charge in [-0.3, -0.25) is 4.55 Å². The van der Waals surface area contributed by atoms with Crippen molar-refractivity contribution in [3.8, 4) is 0 Å². The zero-order valence-corrected chi connectivity index (χ0v) is 10.9. The minimum absolute atomic E-state index is 0.504. The van der Waals surface area contributed by atoms with Gasteiger partial charge in [-0.2, -0.15) is 0 Å². The van der Waals surface area contributed by atoms with Crippen molar-refractivity contribution in [1.82, 2.24) is 4.57 Å². The predicted octanol–water partition coefficient (Wildman–Crippen LogP) is 1.96. The number of unbranched alkanes of at least 4 members (excludes halogenated alkanes) is 2. The Kier molecular flexibility index (Phi) is 5.69. The van der Waals surface area contributed by atoms with Crippen molar-refractivity contribution in [2.24, 2.45) is 0 Å². The maximum absolute atomic E-state index is 11.1. The van der Waals surface area contributed by atoms with Gasteiger partial charge in [0.1, 0.15) is 6.20 Å². The minimum Gasteiger partial charge on any atom is -0.299 e. The summed E-state index contributed by atoms with van der Waals surface area (Å²) in [6.45, 7) is 5.99. The molecule has 4 nitrogen and oxygen atoms in total. The molecule has 1 atom stereocenters. The highest BCUT2D eigenvalue weighted by Gasteiger charge is 2.17. The van der Waals surface area contributed by atoms with Gasteiger partial charge in [0, 0.05) is 0 Å². The summed E-state index contributed by atoms with van der Waals surface area (Å²) in [5, 5.41) is 0.504. The van der Waals surface area contributed by atoms with Gasteiger partial charge in [0.2, 0.25) is 17.4 Å². The summed E-state index contributed by atoms with van der Waals surface area (Å²) in [6, 6.07) is 0. The van der Waals surface area contributed by atoms with Gasteiger partial charge in [0.15, 0.2) is 0 Å². The summed E-state index contributed by atoms with van der Waals surface area (Å²) < 4.78 is 24.2. The summed E-state index contributed by atoms with van der Waals surface area (Å²) in [7, 11) is 0. The van der Waals surface area contributed by atoms with Crippen molar-refractivity contribution < 1.29 is 13.3 Å². The molecule has 0 radical (unpaired) electrons. The van der Waals surface area contributed by atoms with Gasteiger partial charge in [-0.05, 0) is 12.8 Å². The van der Waals surface area contributed by atoms with Crippen LogP contribution in [0.25, 0.3) is 0 Å². The van der Waals surface area contributed by atoms with Crippen molar-refractivity contribution in [1.29, 1.82) is 0 Å². The first-order chi connectivity index (χ1) is 7.69. The highest BCUT2D eigenvalue weighted by atomic mass is 32.2. The molecule has 1 heterocycles. The van der Waals surface area contributed by atoms with E-state index in [1.807, 2.05) is 15.5 Å². The number of aryl methyl sites for hydroxylation is 2. The zero-order valence-electron chi connectivity index (χ0n) is 10.1. The van der Waals surface area contributed by atoms with Crippen LogP contribution >= 0.6 is 0 Å². The summed E-state index contributed by atoms with van der Waals surface area (Å²) in [4.78, 5) is 0. The van der Waals surface area contributed by atoms with Crippen LogP contribution in [-0.4, -0.2) is 13.3 Å². The summed E-state index contributed by atoms with van der Waals surface area (Å²) >= 11 is -1.89. The van der Waals surface area contributed by atoms with E-state index in [2.05, 4.69) is 13.8 Å². The Morgan fingerprint density at radius 2 is 2.06 bits per heavy atom. The van der Waals surface area contributed by atoms with Gasteiger partial charge in [-0.25, -0.2) is 13.3 Å². The average molecular weight is 245 g/mol. The molecule has 1 aromatic heterocycles. The highest BCUT2D eigenvalue weighted by Crippen LogP contribution is 2.05. The van der Waals surface area contributed by atoms with E-state index in [4.69, 9.17) is 0 Å². The van der Waals surface area contributed by atoms with Crippen LogP contribution in [0.2, 0.25) is 0 Å².